The van der Waals surface area contributed by atoms with E-state index >= 15 is 0 Å². The highest BCUT2D eigenvalue weighted by molar-refractivity contribution is 5.98. The van der Waals surface area contributed by atoms with Gasteiger partial charge in [0.15, 0.2) is 6.61 Å². The molecule has 0 aromatic heterocycles. The second-order valence-electron chi connectivity index (χ2n) is 5.19. The summed E-state index contributed by atoms with van der Waals surface area (Å²) in [6.45, 7) is 1.81. The van der Waals surface area contributed by atoms with Crippen LogP contribution in [0.3, 0.4) is 0 Å². The Bertz CT molecular complexity index is 716. The quantitative estimate of drug-likeness (QED) is 0.678. The number of aliphatic hydroxyl groups excluding tert-OH is 1. The number of carbonyl (C=O) groups excluding carboxylic acids is 2. The van der Waals surface area contributed by atoms with Crippen molar-refractivity contribution in [3.63, 3.8) is 0 Å². The zero-order valence-corrected chi connectivity index (χ0v) is 13.4. The first-order valence-electron chi connectivity index (χ1n) is 7.57. The molecule has 3 N–H and O–H groups in total. The third kappa shape index (κ3) is 5.10. The summed E-state index contributed by atoms with van der Waals surface area (Å²) >= 11 is 0. The average Bonchev–Trinajstić information content (AvgIpc) is 2.58. The lowest BCUT2D eigenvalue weighted by molar-refractivity contribution is -0.119. The van der Waals surface area contributed by atoms with Crippen LogP contribution in [0.15, 0.2) is 48.5 Å². The highest BCUT2D eigenvalue weighted by Crippen LogP contribution is 2.16. The number of carbonyl (C=O) groups is 2. The molecule has 24 heavy (non-hydrogen) atoms. The third-order valence-electron chi connectivity index (χ3n) is 3.21. The fourth-order valence-electron chi connectivity index (χ4n) is 2.13. The summed E-state index contributed by atoms with van der Waals surface area (Å²) in [7, 11) is 0. The minimum absolute atomic E-state index is 0.0533. The molecule has 0 unspecified atom stereocenters. The summed E-state index contributed by atoms with van der Waals surface area (Å²) in [6, 6.07) is 14.1. The topological polar surface area (TPSA) is 87.7 Å². The minimum Gasteiger partial charge on any atom is -0.452 e. The Morgan fingerprint density at radius 3 is 2.67 bits per heavy atom. The molecule has 6 heteroatoms. The van der Waals surface area contributed by atoms with Gasteiger partial charge in [-0.3, -0.25) is 4.79 Å². The predicted molar refractivity (Wildman–Crippen MR) is 92.1 cm³/mol. The smallest absolute Gasteiger partial charge is 0.340 e. The molecule has 2 aromatic rings. The Balaban J connectivity index is 1.92. The molecular formula is C18H20N2O4. The van der Waals surface area contributed by atoms with E-state index in [1.165, 1.54) is 0 Å². The first-order chi connectivity index (χ1) is 11.6. The predicted octanol–water partition coefficient (Wildman–Crippen LogP) is 2.19. The first-order valence-corrected chi connectivity index (χ1v) is 7.57. The summed E-state index contributed by atoms with van der Waals surface area (Å²) < 4.78 is 5.06. The summed E-state index contributed by atoms with van der Waals surface area (Å²) in [5.41, 5.74) is 2.54. The van der Waals surface area contributed by atoms with Crippen molar-refractivity contribution in [2.75, 3.05) is 30.4 Å². The van der Waals surface area contributed by atoms with Gasteiger partial charge in [0.05, 0.1) is 12.2 Å². The van der Waals surface area contributed by atoms with Crippen LogP contribution in [-0.4, -0.2) is 36.7 Å². The average molecular weight is 328 g/mol. The van der Waals surface area contributed by atoms with Crippen molar-refractivity contribution in [1.29, 1.82) is 0 Å². The number of hydrogen-bond acceptors (Lipinski definition) is 5. The van der Waals surface area contributed by atoms with E-state index in [-0.39, 0.29) is 13.2 Å². The molecule has 0 aliphatic rings. The third-order valence-corrected chi connectivity index (χ3v) is 3.21. The number of para-hydroxylation sites is 1. The van der Waals surface area contributed by atoms with Gasteiger partial charge in [-0.15, -0.1) is 0 Å². The zero-order valence-electron chi connectivity index (χ0n) is 13.4. The number of ether oxygens (including phenoxy) is 1. The minimum atomic E-state index is -0.601. The van der Waals surface area contributed by atoms with Crippen molar-refractivity contribution in [3.05, 3.63) is 59.7 Å². The number of esters is 1. The van der Waals surface area contributed by atoms with Crippen LogP contribution >= 0.6 is 0 Å². The molecule has 0 heterocycles. The van der Waals surface area contributed by atoms with E-state index in [0.29, 0.717) is 23.5 Å². The Morgan fingerprint density at radius 2 is 1.92 bits per heavy atom. The molecule has 0 bridgehead atoms. The van der Waals surface area contributed by atoms with Crippen molar-refractivity contribution < 1.29 is 19.4 Å². The van der Waals surface area contributed by atoms with Gasteiger partial charge in [-0.05, 0) is 36.8 Å². The SMILES string of the molecule is Cc1cccc(NC(=O)COC(=O)c2ccccc2NCCO)c1. The van der Waals surface area contributed by atoms with Gasteiger partial charge in [0, 0.05) is 17.9 Å². The summed E-state index contributed by atoms with van der Waals surface area (Å²) in [6.07, 6.45) is 0. The van der Waals surface area contributed by atoms with E-state index in [2.05, 4.69) is 10.6 Å². The largest absolute Gasteiger partial charge is 0.452 e. The van der Waals surface area contributed by atoms with Crippen molar-refractivity contribution in [2.24, 2.45) is 0 Å². The van der Waals surface area contributed by atoms with Gasteiger partial charge in [-0.1, -0.05) is 24.3 Å². The molecule has 0 aliphatic heterocycles. The molecule has 126 valence electrons. The number of hydrogen-bond donors (Lipinski definition) is 3. The maximum atomic E-state index is 12.1. The first kappa shape index (κ1) is 17.5. The Kier molecular flexibility index (Phi) is 6.33. The van der Waals surface area contributed by atoms with Crippen molar-refractivity contribution in [3.8, 4) is 0 Å². The lowest BCUT2D eigenvalue weighted by atomic mass is 10.2. The number of nitrogens with one attached hydrogen (secondary N) is 2. The second-order valence-corrected chi connectivity index (χ2v) is 5.19. The zero-order chi connectivity index (χ0) is 17.4. The molecule has 6 nitrogen and oxygen atoms in total. The van der Waals surface area contributed by atoms with Gasteiger partial charge >= 0.3 is 5.97 Å². The van der Waals surface area contributed by atoms with Gasteiger partial charge in [0.25, 0.3) is 5.91 Å². The lowest BCUT2D eigenvalue weighted by Gasteiger charge is -2.11. The van der Waals surface area contributed by atoms with Crippen molar-refractivity contribution in [2.45, 2.75) is 6.92 Å². The molecule has 0 atom stereocenters. The van der Waals surface area contributed by atoms with E-state index in [1.54, 1.807) is 30.3 Å². The number of benzene rings is 2. The van der Waals surface area contributed by atoms with Crippen LogP contribution in [0.4, 0.5) is 11.4 Å². The van der Waals surface area contributed by atoms with Crippen LogP contribution in [-0.2, 0) is 9.53 Å². The standard InChI is InChI=1S/C18H20N2O4/c1-13-5-4-6-14(11-13)20-17(22)12-24-18(23)15-7-2-3-8-16(15)19-9-10-21/h2-8,11,19,21H,9-10,12H2,1H3,(H,20,22). The van der Waals surface area contributed by atoms with Gasteiger partial charge in [0.1, 0.15) is 0 Å². The van der Waals surface area contributed by atoms with E-state index in [9.17, 15) is 9.59 Å². The molecule has 0 fully saturated rings. The van der Waals surface area contributed by atoms with Gasteiger partial charge in [0.2, 0.25) is 0 Å². The van der Waals surface area contributed by atoms with Crippen LogP contribution in [0, 0.1) is 6.92 Å². The Labute approximate surface area is 140 Å². The summed E-state index contributed by atoms with van der Waals surface area (Å²) in [5, 5.41) is 14.5. The molecule has 0 radical (unpaired) electrons. The highest BCUT2D eigenvalue weighted by Gasteiger charge is 2.14. The molecule has 2 rings (SSSR count). The van der Waals surface area contributed by atoms with Crippen LogP contribution in [0.2, 0.25) is 0 Å². The fraction of sp³-hybridized carbons (Fsp3) is 0.222. The molecule has 0 spiro atoms. The molecule has 2 aromatic carbocycles. The van der Waals surface area contributed by atoms with Gasteiger partial charge in [-0.2, -0.15) is 0 Å². The number of anilines is 2. The Hall–Kier alpha value is -2.86. The second kappa shape index (κ2) is 8.69. The van der Waals surface area contributed by atoms with Crippen LogP contribution in [0.25, 0.3) is 0 Å². The highest BCUT2D eigenvalue weighted by atomic mass is 16.5. The number of amides is 1. The van der Waals surface area contributed by atoms with Crippen molar-refractivity contribution >= 4 is 23.3 Å². The van der Waals surface area contributed by atoms with Gasteiger partial charge < -0.3 is 20.5 Å². The van der Waals surface area contributed by atoms with E-state index in [4.69, 9.17) is 9.84 Å². The molecule has 0 saturated carbocycles. The molecular weight excluding hydrogens is 308 g/mol. The lowest BCUT2D eigenvalue weighted by Crippen LogP contribution is -2.21. The number of aryl methyl sites for hydroxylation is 1. The number of rotatable bonds is 7. The van der Waals surface area contributed by atoms with E-state index in [1.807, 2.05) is 25.1 Å². The summed E-state index contributed by atoms with van der Waals surface area (Å²) in [5.74, 6) is -1.01. The fourth-order valence-corrected chi connectivity index (χ4v) is 2.13. The molecule has 0 saturated heterocycles. The van der Waals surface area contributed by atoms with Crippen LogP contribution in [0.1, 0.15) is 15.9 Å². The van der Waals surface area contributed by atoms with Crippen molar-refractivity contribution in [1.82, 2.24) is 0 Å². The molecule has 1 amide bonds. The Morgan fingerprint density at radius 1 is 1.12 bits per heavy atom. The van der Waals surface area contributed by atoms with Crippen LogP contribution in [0.5, 0.6) is 0 Å². The van der Waals surface area contributed by atoms with E-state index in [0.717, 1.165) is 5.56 Å². The maximum Gasteiger partial charge on any atom is 0.340 e. The number of aliphatic hydroxyl groups is 1. The monoisotopic (exact) mass is 328 g/mol. The van der Waals surface area contributed by atoms with Gasteiger partial charge in [-0.25, -0.2) is 4.79 Å². The van der Waals surface area contributed by atoms with Crippen LogP contribution < -0.4 is 10.6 Å². The molecule has 0 aliphatic carbocycles. The maximum absolute atomic E-state index is 12.1. The van der Waals surface area contributed by atoms with E-state index < -0.39 is 11.9 Å². The normalized spacial score (nSPS) is 10.1. The summed E-state index contributed by atoms with van der Waals surface area (Å²) in [4.78, 5) is 24.0.